The molecule has 0 aliphatic rings. The maximum atomic E-state index is 8.55. The van der Waals surface area contributed by atoms with Crippen molar-refractivity contribution in [2.45, 2.75) is 24.3 Å². The number of rotatable bonds is 5. The molecule has 0 saturated carbocycles. The van der Waals surface area contributed by atoms with Crippen LogP contribution in [-0.4, -0.2) is 16.6 Å². The Labute approximate surface area is 94.9 Å². The molecule has 0 amide bonds. The van der Waals surface area contributed by atoms with Crippen LogP contribution < -0.4 is 0 Å². The van der Waals surface area contributed by atoms with Gasteiger partial charge in [-0.1, -0.05) is 30.4 Å². The number of hydrogen-bond donors (Lipinski definition) is 1. The molecule has 0 saturated heterocycles. The number of hydrogen-bond acceptors (Lipinski definition) is 3. The normalized spacial score (nSPS) is 12.2. The van der Waals surface area contributed by atoms with Crippen molar-refractivity contribution in [1.29, 1.82) is 0 Å². The van der Waals surface area contributed by atoms with Crippen LogP contribution in [0.15, 0.2) is 47.4 Å². The number of thioether (sulfide) groups is 1. The molecule has 1 rings (SSSR count). The van der Waals surface area contributed by atoms with Crippen LogP contribution in [0.2, 0.25) is 0 Å². The molecule has 0 bridgehead atoms. The van der Waals surface area contributed by atoms with E-state index in [4.69, 9.17) is 5.26 Å². The molecule has 0 atom stereocenters. The average Bonchev–Trinajstić information content (AvgIpc) is 2.26. The fourth-order valence-corrected chi connectivity index (χ4v) is 1.76. The van der Waals surface area contributed by atoms with Gasteiger partial charge in [-0.3, -0.25) is 5.26 Å². The molecule has 0 unspecified atom stereocenters. The average molecular weight is 224 g/mol. The van der Waals surface area contributed by atoms with Gasteiger partial charge in [-0.05, 0) is 26.0 Å². The van der Waals surface area contributed by atoms with E-state index < -0.39 is 5.60 Å². The van der Waals surface area contributed by atoms with E-state index in [1.165, 1.54) is 4.90 Å². The summed E-state index contributed by atoms with van der Waals surface area (Å²) in [6.45, 7) is 3.60. The van der Waals surface area contributed by atoms with E-state index in [2.05, 4.69) is 17.0 Å². The van der Waals surface area contributed by atoms with Crippen molar-refractivity contribution in [1.82, 2.24) is 0 Å². The van der Waals surface area contributed by atoms with Crippen molar-refractivity contribution in [2.24, 2.45) is 0 Å². The molecule has 3 heteroatoms. The Kier molecular flexibility index (Phi) is 4.88. The maximum Gasteiger partial charge on any atom is 0.116 e. The van der Waals surface area contributed by atoms with Crippen LogP contribution in [0, 0.1) is 0 Å². The minimum absolute atomic E-state index is 0.600. The zero-order valence-electron chi connectivity index (χ0n) is 9.01. The molecule has 0 spiro atoms. The second kappa shape index (κ2) is 5.95. The highest BCUT2D eigenvalue weighted by Crippen LogP contribution is 2.17. The zero-order chi connectivity index (χ0) is 11.1. The van der Waals surface area contributed by atoms with Gasteiger partial charge in [0.2, 0.25) is 0 Å². The fourth-order valence-electron chi connectivity index (χ4n) is 1.02. The molecule has 0 aliphatic carbocycles. The van der Waals surface area contributed by atoms with Crippen LogP contribution in [-0.2, 0) is 4.89 Å². The molecular weight excluding hydrogens is 208 g/mol. The van der Waals surface area contributed by atoms with E-state index in [-0.39, 0.29) is 0 Å². The van der Waals surface area contributed by atoms with E-state index in [1.807, 2.05) is 30.4 Å². The van der Waals surface area contributed by atoms with Gasteiger partial charge in [0.05, 0.1) is 0 Å². The van der Waals surface area contributed by atoms with E-state index in [0.29, 0.717) is 0 Å². The second-order valence-corrected chi connectivity index (χ2v) is 4.81. The van der Waals surface area contributed by atoms with Gasteiger partial charge in [0.25, 0.3) is 0 Å². The van der Waals surface area contributed by atoms with E-state index in [9.17, 15) is 0 Å². The lowest BCUT2D eigenvalue weighted by atomic mass is 10.1. The molecule has 0 fully saturated rings. The van der Waals surface area contributed by atoms with Crippen molar-refractivity contribution in [3.8, 4) is 0 Å². The van der Waals surface area contributed by atoms with Crippen LogP contribution in [0.1, 0.15) is 13.8 Å². The minimum Gasteiger partial charge on any atom is -0.251 e. The lowest BCUT2D eigenvalue weighted by molar-refractivity contribution is -0.297. The summed E-state index contributed by atoms with van der Waals surface area (Å²) in [6, 6.07) is 10.2. The van der Waals surface area contributed by atoms with Crippen LogP contribution in [0.3, 0.4) is 0 Å². The van der Waals surface area contributed by atoms with Gasteiger partial charge < -0.3 is 0 Å². The van der Waals surface area contributed by atoms with Crippen molar-refractivity contribution < 1.29 is 10.1 Å². The Hall–Kier alpha value is -0.770. The van der Waals surface area contributed by atoms with Gasteiger partial charge in [-0.25, -0.2) is 4.89 Å². The first kappa shape index (κ1) is 12.3. The third-order valence-corrected chi connectivity index (χ3v) is 2.81. The van der Waals surface area contributed by atoms with Crippen LogP contribution in [0.5, 0.6) is 0 Å². The molecule has 82 valence electrons. The Balaban J connectivity index is 2.34. The van der Waals surface area contributed by atoms with Crippen LogP contribution in [0.25, 0.3) is 0 Å². The molecule has 2 nitrogen and oxygen atoms in total. The summed E-state index contributed by atoms with van der Waals surface area (Å²) in [7, 11) is 0. The highest BCUT2D eigenvalue weighted by molar-refractivity contribution is 7.99. The summed E-state index contributed by atoms with van der Waals surface area (Å²) in [5.74, 6) is 0.872. The highest BCUT2D eigenvalue weighted by atomic mass is 32.2. The Bertz CT molecular complexity index is 307. The summed E-state index contributed by atoms with van der Waals surface area (Å²) in [5.41, 5.74) is -0.600. The first-order valence-electron chi connectivity index (χ1n) is 4.82. The molecule has 0 aromatic heterocycles. The molecule has 0 aliphatic heterocycles. The molecule has 1 aromatic carbocycles. The zero-order valence-corrected chi connectivity index (χ0v) is 9.83. The lowest BCUT2D eigenvalue weighted by Crippen LogP contribution is -2.18. The van der Waals surface area contributed by atoms with Gasteiger partial charge >= 0.3 is 0 Å². The largest absolute Gasteiger partial charge is 0.251 e. The van der Waals surface area contributed by atoms with Crippen molar-refractivity contribution in [2.75, 3.05) is 5.75 Å². The van der Waals surface area contributed by atoms with E-state index in [1.54, 1.807) is 25.6 Å². The molecule has 1 N–H and O–H groups in total. The third-order valence-electron chi connectivity index (χ3n) is 1.84. The van der Waals surface area contributed by atoms with E-state index in [0.717, 1.165) is 5.75 Å². The lowest BCUT2D eigenvalue weighted by Gasteiger charge is -2.14. The summed E-state index contributed by atoms with van der Waals surface area (Å²) in [6.07, 6.45) is 3.84. The van der Waals surface area contributed by atoms with Crippen molar-refractivity contribution >= 4 is 11.8 Å². The first-order chi connectivity index (χ1) is 7.14. The predicted molar refractivity (Wildman–Crippen MR) is 64.1 cm³/mol. The molecular formula is C12H16O2S. The first-order valence-corrected chi connectivity index (χ1v) is 5.81. The van der Waals surface area contributed by atoms with Crippen molar-refractivity contribution in [3.05, 3.63) is 42.5 Å². The highest BCUT2D eigenvalue weighted by Gasteiger charge is 2.12. The fraction of sp³-hybridized carbons (Fsp3) is 0.333. The van der Waals surface area contributed by atoms with Gasteiger partial charge in [-0.15, -0.1) is 11.8 Å². The summed E-state index contributed by atoms with van der Waals surface area (Å²) >= 11 is 1.75. The van der Waals surface area contributed by atoms with E-state index >= 15 is 0 Å². The van der Waals surface area contributed by atoms with Gasteiger partial charge in [0.15, 0.2) is 0 Å². The molecule has 0 heterocycles. The summed E-state index contributed by atoms with van der Waals surface area (Å²) in [5, 5.41) is 8.55. The Morgan fingerprint density at radius 1 is 1.33 bits per heavy atom. The summed E-state index contributed by atoms with van der Waals surface area (Å²) < 4.78 is 0. The van der Waals surface area contributed by atoms with Crippen LogP contribution >= 0.6 is 11.8 Å². The van der Waals surface area contributed by atoms with Gasteiger partial charge in [0.1, 0.15) is 5.60 Å². The molecule has 15 heavy (non-hydrogen) atoms. The minimum atomic E-state index is -0.600. The molecule has 0 radical (unpaired) electrons. The predicted octanol–water partition coefficient (Wildman–Crippen LogP) is 3.60. The second-order valence-electron chi connectivity index (χ2n) is 3.72. The maximum absolute atomic E-state index is 8.55. The summed E-state index contributed by atoms with van der Waals surface area (Å²) in [4.78, 5) is 5.53. The Morgan fingerprint density at radius 2 is 2.00 bits per heavy atom. The van der Waals surface area contributed by atoms with Gasteiger partial charge in [-0.2, -0.15) is 0 Å². The number of benzene rings is 1. The Morgan fingerprint density at radius 3 is 2.60 bits per heavy atom. The monoisotopic (exact) mass is 224 g/mol. The third kappa shape index (κ3) is 5.02. The van der Waals surface area contributed by atoms with Crippen LogP contribution in [0.4, 0.5) is 0 Å². The van der Waals surface area contributed by atoms with Gasteiger partial charge in [0, 0.05) is 10.6 Å². The smallest absolute Gasteiger partial charge is 0.116 e. The molecule has 1 aromatic rings. The standard InChI is InChI=1S/C12H16O2S/c1-12(2,14-13)9-6-10-15-11-7-4-3-5-8-11/h3-9,13H,10H2,1-2H3/b9-6+. The quantitative estimate of drug-likeness (QED) is 0.358. The SMILES string of the molecule is CC(C)(/C=C/CSc1ccccc1)OO. The van der Waals surface area contributed by atoms with Crippen molar-refractivity contribution in [3.63, 3.8) is 0 Å². The topological polar surface area (TPSA) is 29.5 Å².